The van der Waals surface area contributed by atoms with E-state index >= 15 is 0 Å². The molecule has 1 heterocycles. The van der Waals surface area contributed by atoms with E-state index in [1.807, 2.05) is 6.07 Å². The molecule has 0 saturated heterocycles. The van der Waals surface area contributed by atoms with Gasteiger partial charge >= 0.3 is 0 Å². The first-order chi connectivity index (χ1) is 9.20. The van der Waals surface area contributed by atoms with Gasteiger partial charge in [-0.1, -0.05) is 12.1 Å². The molecule has 2 nitrogen and oxygen atoms in total. The summed E-state index contributed by atoms with van der Waals surface area (Å²) in [7, 11) is 1.52. The lowest BCUT2D eigenvalue weighted by Crippen LogP contribution is -2.12. The first-order valence-corrected chi connectivity index (χ1v) is 7.20. The zero-order valence-corrected chi connectivity index (χ0v) is 11.8. The van der Waals surface area contributed by atoms with E-state index < -0.39 is 0 Å². The van der Waals surface area contributed by atoms with Crippen LogP contribution in [-0.4, -0.2) is 7.11 Å². The molecule has 0 radical (unpaired) electrons. The average molecular weight is 279 g/mol. The standard InChI is InChI=1S/C15H18FNOS/c1-18-11-7-8-13(14(16)10-11)15(17)6-2-4-12-5-3-9-19-12/h3,5,7-10,15H,2,4,6,17H2,1H3. The van der Waals surface area contributed by atoms with Gasteiger partial charge in [0.15, 0.2) is 0 Å². The number of ether oxygens (including phenoxy) is 1. The molecule has 0 aliphatic heterocycles. The van der Waals surface area contributed by atoms with Gasteiger partial charge in [-0.25, -0.2) is 4.39 Å². The minimum atomic E-state index is -0.289. The van der Waals surface area contributed by atoms with Crippen LogP contribution in [0.4, 0.5) is 4.39 Å². The molecule has 1 atom stereocenters. The predicted molar refractivity (Wildman–Crippen MR) is 77.1 cm³/mol. The number of hydrogen-bond donors (Lipinski definition) is 1. The van der Waals surface area contributed by atoms with E-state index in [0.29, 0.717) is 11.3 Å². The van der Waals surface area contributed by atoms with Gasteiger partial charge in [-0.2, -0.15) is 0 Å². The minimum Gasteiger partial charge on any atom is -0.497 e. The summed E-state index contributed by atoms with van der Waals surface area (Å²) in [4.78, 5) is 1.35. The lowest BCUT2D eigenvalue weighted by Gasteiger charge is -2.13. The normalized spacial score (nSPS) is 12.4. The molecular formula is C15H18FNOS. The highest BCUT2D eigenvalue weighted by Crippen LogP contribution is 2.24. The Bertz CT molecular complexity index is 513. The van der Waals surface area contributed by atoms with Crippen LogP contribution in [0.25, 0.3) is 0 Å². The van der Waals surface area contributed by atoms with Crippen LogP contribution in [0.5, 0.6) is 5.75 Å². The van der Waals surface area contributed by atoms with E-state index in [1.165, 1.54) is 18.1 Å². The van der Waals surface area contributed by atoms with E-state index in [9.17, 15) is 4.39 Å². The second kappa shape index (κ2) is 6.68. The molecule has 0 saturated carbocycles. The van der Waals surface area contributed by atoms with E-state index in [0.717, 1.165) is 19.3 Å². The van der Waals surface area contributed by atoms with Crippen molar-refractivity contribution in [3.05, 3.63) is 52.0 Å². The van der Waals surface area contributed by atoms with Gasteiger partial charge < -0.3 is 10.5 Å². The van der Waals surface area contributed by atoms with Crippen LogP contribution in [0, 0.1) is 5.82 Å². The van der Waals surface area contributed by atoms with Gasteiger partial charge in [0.2, 0.25) is 0 Å². The van der Waals surface area contributed by atoms with Gasteiger partial charge in [0, 0.05) is 22.5 Å². The second-order valence-corrected chi connectivity index (χ2v) is 5.50. The number of aryl methyl sites for hydroxylation is 1. The van der Waals surface area contributed by atoms with Crippen molar-refractivity contribution < 1.29 is 9.13 Å². The Kier molecular flexibility index (Phi) is 4.93. The first-order valence-electron chi connectivity index (χ1n) is 6.32. The van der Waals surface area contributed by atoms with Gasteiger partial charge in [0.1, 0.15) is 11.6 Å². The van der Waals surface area contributed by atoms with E-state index in [4.69, 9.17) is 10.5 Å². The zero-order chi connectivity index (χ0) is 13.7. The van der Waals surface area contributed by atoms with Crippen molar-refractivity contribution >= 4 is 11.3 Å². The minimum absolute atomic E-state index is 0.258. The van der Waals surface area contributed by atoms with E-state index in [1.54, 1.807) is 23.5 Å². The molecule has 19 heavy (non-hydrogen) atoms. The lowest BCUT2D eigenvalue weighted by atomic mass is 10.0. The van der Waals surface area contributed by atoms with E-state index in [2.05, 4.69) is 11.4 Å². The molecule has 0 aliphatic carbocycles. The number of hydrogen-bond acceptors (Lipinski definition) is 3. The van der Waals surface area contributed by atoms with Crippen LogP contribution in [0.3, 0.4) is 0 Å². The number of methoxy groups -OCH3 is 1. The monoisotopic (exact) mass is 279 g/mol. The molecule has 0 spiro atoms. The summed E-state index contributed by atoms with van der Waals surface area (Å²) in [5, 5.41) is 2.07. The summed E-state index contributed by atoms with van der Waals surface area (Å²) in [6, 6.07) is 8.74. The maximum absolute atomic E-state index is 13.8. The second-order valence-electron chi connectivity index (χ2n) is 4.47. The van der Waals surface area contributed by atoms with E-state index in [-0.39, 0.29) is 11.9 Å². The zero-order valence-electron chi connectivity index (χ0n) is 10.9. The molecule has 1 aromatic carbocycles. The molecule has 4 heteroatoms. The summed E-state index contributed by atoms with van der Waals surface area (Å²) >= 11 is 1.75. The fourth-order valence-electron chi connectivity index (χ4n) is 2.04. The van der Waals surface area contributed by atoms with Crippen molar-refractivity contribution in [3.63, 3.8) is 0 Å². The molecular weight excluding hydrogens is 261 g/mol. The largest absolute Gasteiger partial charge is 0.497 e. The molecule has 1 aromatic heterocycles. The van der Waals surface area contributed by atoms with Crippen LogP contribution >= 0.6 is 11.3 Å². The molecule has 0 bridgehead atoms. The fraction of sp³-hybridized carbons (Fsp3) is 0.333. The summed E-state index contributed by atoms with van der Waals surface area (Å²) in [6.07, 6.45) is 2.75. The van der Waals surface area contributed by atoms with Crippen molar-refractivity contribution in [2.45, 2.75) is 25.3 Å². The summed E-state index contributed by atoms with van der Waals surface area (Å²) in [5.74, 6) is 0.231. The van der Waals surface area contributed by atoms with Gasteiger partial charge in [0.05, 0.1) is 7.11 Å². The third-order valence-electron chi connectivity index (χ3n) is 3.13. The van der Waals surface area contributed by atoms with Crippen LogP contribution in [-0.2, 0) is 6.42 Å². The number of nitrogens with two attached hydrogens (primary N) is 1. The van der Waals surface area contributed by atoms with Crippen LogP contribution in [0.1, 0.15) is 29.3 Å². The third kappa shape index (κ3) is 3.78. The summed E-state index contributed by atoms with van der Waals surface area (Å²) in [6.45, 7) is 0. The maximum atomic E-state index is 13.8. The first kappa shape index (κ1) is 14.0. The maximum Gasteiger partial charge on any atom is 0.131 e. The SMILES string of the molecule is COc1ccc(C(N)CCCc2cccs2)c(F)c1. The molecule has 2 aromatic rings. The highest BCUT2D eigenvalue weighted by atomic mass is 32.1. The topological polar surface area (TPSA) is 35.2 Å². The molecule has 2 rings (SSSR count). The van der Waals surface area contributed by atoms with Gasteiger partial charge in [-0.05, 0) is 36.8 Å². The van der Waals surface area contributed by atoms with Crippen molar-refractivity contribution in [3.8, 4) is 5.75 Å². The molecule has 2 N–H and O–H groups in total. The molecule has 1 unspecified atom stereocenters. The summed E-state index contributed by atoms with van der Waals surface area (Å²) < 4.78 is 18.8. The predicted octanol–water partition coefficient (Wildman–Crippen LogP) is 3.92. The number of benzene rings is 1. The average Bonchev–Trinajstić information content (AvgIpc) is 2.91. The number of halogens is 1. The Morgan fingerprint density at radius 3 is 2.84 bits per heavy atom. The Balaban J connectivity index is 1.90. The Morgan fingerprint density at radius 2 is 2.21 bits per heavy atom. The lowest BCUT2D eigenvalue weighted by molar-refractivity contribution is 0.410. The molecule has 0 fully saturated rings. The van der Waals surface area contributed by atoms with Crippen LogP contribution < -0.4 is 10.5 Å². The van der Waals surface area contributed by atoms with Gasteiger partial charge in [0.25, 0.3) is 0 Å². The van der Waals surface area contributed by atoms with Crippen LogP contribution in [0.2, 0.25) is 0 Å². The Labute approximate surface area is 117 Å². The molecule has 0 aliphatic rings. The van der Waals surface area contributed by atoms with Crippen LogP contribution in [0.15, 0.2) is 35.7 Å². The van der Waals surface area contributed by atoms with Gasteiger partial charge in [-0.3, -0.25) is 0 Å². The van der Waals surface area contributed by atoms with Crippen molar-refractivity contribution in [1.82, 2.24) is 0 Å². The molecule has 102 valence electrons. The highest BCUT2D eigenvalue weighted by molar-refractivity contribution is 7.09. The number of rotatable bonds is 6. The van der Waals surface area contributed by atoms with Crippen molar-refractivity contribution in [1.29, 1.82) is 0 Å². The fourth-order valence-corrected chi connectivity index (χ4v) is 2.79. The quantitative estimate of drug-likeness (QED) is 0.870. The van der Waals surface area contributed by atoms with Gasteiger partial charge in [-0.15, -0.1) is 11.3 Å². The summed E-state index contributed by atoms with van der Waals surface area (Å²) in [5.41, 5.74) is 6.61. The smallest absolute Gasteiger partial charge is 0.131 e. The third-order valence-corrected chi connectivity index (χ3v) is 4.06. The Morgan fingerprint density at radius 1 is 1.37 bits per heavy atom. The molecule has 0 amide bonds. The Hall–Kier alpha value is -1.39. The highest BCUT2D eigenvalue weighted by Gasteiger charge is 2.12. The number of thiophene rings is 1. The van der Waals surface area contributed by atoms with Crippen molar-refractivity contribution in [2.75, 3.05) is 7.11 Å². The van der Waals surface area contributed by atoms with Crippen molar-refractivity contribution in [2.24, 2.45) is 5.73 Å².